The molecule has 1 saturated carbocycles. The molecule has 0 unspecified atom stereocenters. The molecule has 4 nitrogen and oxygen atoms in total. The fourth-order valence-corrected chi connectivity index (χ4v) is 2.05. The number of rotatable bonds is 4. The molecule has 0 aromatic carbocycles. The van der Waals surface area contributed by atoms with E-state index in [0.29, 0.717) is 6.04 Å². The summed E-state index contributed by atoms with van der Waals surface area (Å²) in [6.45, 7) is 7.27. The van der Waals surface area contributed by atoms with Crippen molar-refractivity contribution in [2.75, 3.05) is 32.7 Å². The molecule has 0 radical (unpaired) electrons. The van der Waals surface area contributed by atoms with E-state index in [-0.39, 0.29) is 6.03 Å². The summed E-state index contributed by atoms with van der Waals surface area (Å²) >= 11 is 0. The van der Waals surface area contributed by atoms with Gasteiger partial charge in [-0.3, -0.25) is 4.90 Å². The average molecular weight is 225 g/mol. The standard InChI is InChI=1S/C12H23N3O/c1-2-3-6-14-7-9-15(10-8-14)12(16)13-11-4-5-11/h11H,2-10H2,1H3,(H,13,16). The second-order valence-corrected chi connectivity index (χ2v) is 4.91. The molecule has 2 aliphatic rings. The number of carbonyl (C=O) groups excluding carboxylic acids is 1. The zero-order chi connectivity index (χ0) is 11.4. The Bertz CT molecular complexity index is 232. The van der Waals surface area contributed by atoms with Crippen molar-refractivity contribution in [1.29, 1.82) is 0 Å². The van der Waals surface area contributed by atoms with Gasteiger partial charge in [-0.05, 0) is 25.8 Å². The minimum atomic E-state index is 0.151. The Kier molecular flexibility index (Phi) is 4.04. The molecule has 0 aromatic rings. The summed E-state index contributed by atoms with van der Waals surface area (Å²) in [7, 11) is 0. The maximum Gasteiger partial charge on any atom is 0.317 e. The topological polar surface area (TPSA) is 35.6 Å². The van der Waals surface area contributed by atoms with Crippen molar-refractivity contribution in [1.82, 2.24) is 15.1 Å². The highest BCUT2D eigenvalue weighted by molar-refractivity contribution is 5.75. The van der Waals surface area contributed by atoms with E-state index in [2.05, 4.69) is 17.1 Å². The Hall–Kier alpha value is -0.770. The molecule has 0 aromatic heterocycles. The van der Waals surface area contributed by atoms with E-state index >= 15 is 0 Å². The Balaban J connectivity index is 1.65. The molecule has 1 aliphatic heterocycles. The second kappa shape index (κ2) is 5.53. The van der Waals surface area contributed by atoms with Crippen LogP contribution in [0.25, 0.3) is 0 Å². The van der Waals surface area contributed by atoms with Gasteiger partial charge in [0.1, 0.15) is 0 Å². The molecule has 2 amide bonds. The van der Waals surface area contributed by atoms with Gasteiger partial charge in [0.15, 0.2) is 0 Å². The van der Waals surface area contributed by atoms with Crippen LogP contribution in [0.3, 0.4) is 0 Å². The lowest BCUT2D eigenvalue weighted by atomic mass is 10.2. The fourth-order valence-electron chi connectivity index (χ4n) is 2.05. The first-order valence-electron chi connectivity index (χ1n) is 6.57. The van der Waals surface area contributed by atoms with Crippen LogP contribution in [0.15, 0.2) is 0 Å². The lowest BCUT2D eigenvalue weighted by molar-refractivity contribution is 0.138. The number of nitrogens with zero attached hydrogens (tertiary/aromatic N) is 2. The molecular formula is C12H23N3O. The van der Waals surface area contributed by atoms with Crippen LogP contribution >= 0.6 is 0 Å². The lowest BCUT2D eigenvalue weighted by Crippen LogP contribution is -2.52. The van der Waals surface area contributed by atoms with Gasteiger partial charge < -0.3 is 10.2 Å². The van der Waals surface area contributed by atoms with Crippen LogP contribution in [-0.4, -0.2) is 54.6 Å². The molecule has 0 spiro atoms. The van der Waals surface area contributed by atoms with Crippen molar-refractivity contribution in [3.05, 3.63) is 0 Å². The van der Waals surface area contributed by atoms with Gasteiger partial charge in [0.2, 0.25) is 0 Å². The van der Waals surface area contributed by atoms with Crippen LogP contribution in [-0.2, 0) is 0 Å². The van der Waals surface area contributed by atoms with Crippen LogP contribution in [0.5, 0.6) is 0 Å². The number of urea groups is 1. The molecule has 1 N–H and O–H groups in total. The normalized spacial score (nSPS) is 22.2. The first-order chi connectivity index (χ1) is 7.79. The van der Waals surface area contributed by atoms with E-state index in [9.17, 15) is 4.79 Å². The number of amides is 2. The number of unbranched alkanes of at least 4 members (excludes halogenated alkanes) is 1. The SMILES string of the molecule is CCCCN1CCN(C(=O)NC2CC2)CC1. The minimum Gasteiger partial charge on any atom is -0.335 e. The van der Waals surface area contributed by atoms with Gasteiger partial charge in [-0.1, -0.05) is 13.3 Å². The van der Waals surface area contributed by atoms with Crippen LogP contribution in [0.1, 0.15) is 32.6 Å². The maximum absolute atomic E-state index is 11.8. The van der Waals surface area contributed by atoms with Gasteiger partial charge in [-0.15, -0.1) is 0 Å². The highest BCUT2D eigenvalue weighted by Gasteiger charge is 2.27. The zero-order valence-corrected chi connectivity index (χ0v) is 10.2. The monoisotopic (exact) mass is 225 g/mol. The Morgan fingerprint density at radius 3 is 2.50 bits per heavy atom. The Labute approximate surface area is 98.0 Å². The molecule has 1 heterocycles. The maximum atomic E-state index is 11.8. The predicted octanol–water partition coefficient (Wildman–Crippen LogP) is 1.28. The third-order valence-electron chi connectivity index (χ3n) is 3.39. The molecule has 2 fully saturated rings. The average Bonchev–Trinajstić information content (AvgIpc) is 3.11. The minimum absolute atomic E-state index is 0.151. The zero-order valence-electron chi connectivity index (χ0n) is 10.2. The lowest BCUT2D eigenvalue weighted by Gasteiger charge is -2.34. The second-order valence-electron chi connectivity index (χ2n) is 4.91. The molecule has 0 bridgehead atoms. The van der Waals surface area contributed by atoms with Gasteiger partial charge in [0.25, 0.3) is 0 Å². The number of carbonyl (C=O) groups is 1. The summed E-state index contributed by atoms with van der Waals surface area (Å²) < 4.78 is 0. The molecule has 2 rings (SSSR count). The van der Waals surface area contributed by atoms with Crippen molar-refractivity contribution in [3.8, 4) is 0 Å². The number of nitrogens with one attached hydrogen (secondary N) is 1. The molecule has 1 aliphatic carbocycles. The summed E-state index contributed by atoms with van der Waals surface area (Å²) in [6, 6.07) is 0.628. The smallest absolute Gasteiger partial charge is 0.317 e. The van der Waals surface area contributed by atoms with E-state index in [0.717, 1.165) is 26.2 Å². The highest BCUT2D eigenvalue weighted by atomic mass is 16.2. The third kappa shape index (κ3) is 3.37. The van der Waals surface area contributed by atoms with Crippen LogP contribution < -0.4 is 5.32 Å². The van der Waals surface area contributed by atoms with Crippen LogP contribution in [0, 0.1) is 0 Å². The van der Waals surface area contributed by atoms with E-state index < -0.39 is 0 Å². The van der Waals surface area contributed by atoms with Gasteiger partial charge in [0, 0.05) is 32.2 Å². The molecular weight excluding hydrogens is 202 g/mol. The molecule has 0 atom stereocenters. The van der Waals surface area contributed by atoms with Crippen molar-refractivity contribution < 1.29 is 4.79 Å². The third-order valence-corrected chi connectivity index (χ3v) is 3.39. The molecule has 4 heteroatoms. The van der Waals surface area contributed by atoms with Crippen molar-refractivity contribution in [2.45, 2.75) is 38.6 Å². The first kappa shape index (κ1) is 11.7. The van der Waals surface area contributed by atoms with Gasteiger partial charge in [-0.2, -0.15) is 0 Å². The Morgan fingerprint density at radius 2 is 1.94 bits per heavy atom. The molecule has 92 valence electrons. The number of piperazine rings is 1. The number of hydrogen-bond acceptors (Lipinski definition) is 2. The van der Waals surface area contributed by atoms with E-state index in [1.807, 2.05) is 4.90 Å². The van der Waals surface area contributed by atoms with Crippen LogP contribution in [0.2, 0.25) is 0 Å². The predicted molar refractivity (Wildman–Crippen MR) is 64.5 cm³/mol. The van der Waals surface area contributed by atoms with Crippen molar-refractivity contribution in [3.63, 3.8) is 0 Å². The van der Waals surface area contributed by atoms with Gasteiger partial charge in [0.05, 0.1) is 0 Å². The van der Waals surface area contributed by atoms with Crippen molar-refractivity contribution >= 4 is 6.03 Å². The Morgan fingerprint density at radius 1 is 1.25 bits per heavy atom. The quantitative estimate of drug-likeness (QED) is 0.782. The summed E-state index contributed by atoms with van der Waals surface area (Å²) in [6.07, 6.45) is 4.86. The number of hydrogen-bond donors (Lipinski definition) is 1. The van der Waals surface area contributed by atoms with Gasteiger partial charge in [-0.25, -0.2) is 4.79 Å². The van der Waals surface area contributed by atoms with E-state index in [1.54, 1.807) is 0 Å². The molecule has 1 saturated heterocycles. The van der Waals surface area contributed by atoms with E-state index in [1.165, 1.54) is 32.2 Å². The summed E-state index contributed by atoms with van der Waals surface area (Å²) in [4.78, 5) is 16.2. The van der Waals surface area contributed by atoms with Crippen molar-refractivity contribution in [2.24, 2.45) is 0 Å². The summed E-state index contributed by atoms with van der Waals surface area (Å²) in [5.74, 6) is 0. The first-order valence-corrected chi connectivity index (χ1v) is 6.57. The molecule has 16 heavy (non-hydrogen) atoms. The largest absolute Gasteiger partial charge is 0.335 e. The van der Waals surface area contributed by atoms with Gasteiger partial charge >= 0.3 is 6.03 Å². The highest BCUT2D eigenvalue weighted by Crippen LogP contribution is 2.19. The fraction of sp³-hybridized carbons (Fsp3) is 0.917. The summed E-state index contributed by atoms with van der Waals surface area (Å²) in [5.41, 5.74) is 0. The van der Waals surface area contributed by atoms with Crippen LogP contribution in [0.4, 0.5) is 4.79 Å². The summed E-state index contributed by atoms with van der Waals surface area (Å²) in [5, 5.41) is 3.05. The van der Waals surface area contributed by atoms with E-state index in [4.69, 9.17) is 0 Å².